The summed E-state index contributed by atoms with van der Waals surface area (Å²) in [4.78, 5) is 13.0. The Kier molecular flexibility index (Phi) is 5.88. The van der Waals surface area contributed by atoms with E-state index < -0.39 is 12.0 Å². The quantitative estimate of drug-likeness (QED) is 0.658. The molecule has 27 heavy (non-hydrogen) atoms. The van der Waals surface area contributed by atoms with Gasteiger partial charge in [-0.3, -0.25) is 9.69 Å². The number of carbonyl (C=O) groups is 1. The summed E-state index contributed by atoms with van der Waals surface area (Å²) in [6.45, 7) is 0.272. The summed E-state index contributed by atoms with van der Waals surface area (Å²) < 4.78 is 11.1. The summed E-state index contributed by atoms with van der Waals surface area (Å²) in [6, 6.07) is 18.5. The monoisotopic (exact) mass is 366 g/mol. The van der Waals surface area contributed by atoms with Crippen molar-refractivity contribution in [3.63, 3.8) is 0 Å². The van der Waals surface area contributed by atoms with Crippen molar-refractivity contribution in [1.29, 1.82) is 0 Å². The van der Waals surface area contributed by atoms with E-state index in [0.29, 0.717) is 17.9 Å². The van der Waals surface area contributed by atoms with Gasteiger partial charge in [0, 0.05) is 11.6 Å². The second-order valence-electron chi connectivity index (χ2n) is 6.50. The van der Waals surface area contributed by atoms with E-state index in [2.05, 4.69) is 5.16 Å². The number of aromatic nitrogens is 1. The van der Waals surface area contributed by atoms with E-state index in [9.17, 15) is 9.90 Å². The molecule has 0 fully saturated rings. The SMILES string of the molecule is CN(C)[C@@H](Cc1ccc(OCc2cc(-c3ccccc3)no2)cc1)C(=O)O. The molecule has 0 aliphatic carbocycles. The van der Waals surface area contributed by atoms with Crippen LogP contribution in [0.1, 0.15) is 11.3 Å². The van der Waals surface area contributed by atoms with Crippen molar-refractivity contribution in [1.82, 2.24) is 10.1 Å². The van der Waals surface area contributed by atoms with Gasteiger partial charge < -0.3 is 14.4 Å². The van der Waals surface area contributed by atoms with E-state index in [-0.39, 0.29) is 6.61 Å². The zero-order valence-corrected chi connectivity index (χ0v) is 15.3. The number of aliphatic carboxylic acids is 1. The molecule has 0 saturated carbocycles. The molecule has 140 valence electrons. The molecule has 6 heteroatoms. The van der Waals surface area contributed by atoms with Crippen molar-refractivity contribution in [2.45, 2.75) is 19.1 Å². The molecule has 1 heterocycles. The van der Waals surface area contributed by atoms with Gasteiger partial charge in [0.2, 0.25) is 0 Å². The first-order chi connectivity index (χ1) is 13.0. The van der Waals surface area contributed by atoms with Gasteiger partial charge in [-0.2, -0.15) is 0 Å². The molecular formula is C21H22N2O4. The Labute approximate surface area is 158 Å². The van der Waals surface area contributed by atoms with Gasteiger partial charge in [-0.25, -0.2) is 0 Å². The Balaban J connectivity index is 1.58. The minimum Gasteiger partial charge on any atom is -0.486 e. The number of hydrogen-bond acceptors (Lipinski definition) is 5. The van der Waals surface area contributed by atoms with Crippen LogP contribution in [0.4, 0.5) is 0 Å². The van der Waals surface area contributed by atoms with Gasteiger partial charge in [-0.1, -0.05) is 47.6 Å². The zero-order chi connectivity index (χ0) is 19.2. The van der Waals surface area contributed by atoms with Crippen LogP contribution in [-0.2, 0) is 17.8 Å². The van der Waals surface area contributed by atoms with Crippen molar-refractivity contribution in [3.8, 4) is 17.0 Å². The molecule has 1 aromatic heterocycles. The van der Waals surface area contributed by atoms with Gasteiger partial charge in [0.15, 0.2) is 5.76 Å². The van der Waals surface area contributed by atoms with Gasteiger partial charge in [-0.15, -0.1) is 0 Å². The van der Waals surface area contributed by atoms with E-state index in [0.717, 1.165) is 16.8 Å². The first-order valence-corrected chi connectivity index (χ1v) is 8.65. The third-order valence-corrected chi connectivity index (χ3v) is 4.27. The molecule has 0 radical (unpaired) electrons. The molecule has 0 saturated heterocycles. The molecule has 3 rings (SSSR count). The van der Waals surface area contributed by atoms with Crippen molar-refractivity contribution in [3.05, 3.63) is 72.0 Å². The maximum Gasteiger partial charge on any atom is 0.321 e. The first-order valence-electron chi connectivity index (χ1n) is 8.65. The number of hydrogen-bond donors (Lipinski definition) is 1. The van der Waals surface area contributed by atoms with Crippen LogP contribution in [0.5, 0.6) is 5.75 Å². The predicted molar refractivity (Wildman–Crippen MR) is 102 cm³/mol. The molecule has 3 aromatic rings. The molecule has 0 aliphatic rings. The summed E-state index contributed by atoms with van der Waals surface area (Å²) in [5.74, 6) is 0.490. The Morgan fingerprint density at radius 1 is 1.15 bits per heavy atom. The van der Waals surface area contributed by atoms with Crippen LogP contribution in [0, 0.1) is 0 Å². The number of carboxylic acids is 1. The predicted octanol–water partition coefficient (Wildman–Crippen LogP) is 3.48. The van der Waals surface area contributed by atoms with Crippen molar-refractivity contribution >= 4 is 5.97 Å². The van der Waals surface area contributed by atoms with Gasteiger partial charge in [-0.05, 0) is 38.2 Å². The fraction of sp³-hybridized carbons (Fsp3) is 0.238. The maximum atomic E-state index is 11.3. The highest BCUT2D eigenvalue weighted by atomic mass is 16.5. The summed E-state index contributed by atoms with van der Waals surface area (Å²) in [7, 11) is 3.52. The number of carboxylic acid groups (broad SMARTS) is 1. The highest BCUT2D eigenvalue weighted by Gasteiger charge is 2.20. The molecule has 0 unspecified atom stereocenters. The average molecular weight is 366 g/mol. The minimum atomic E-state index is -0.833. The Hall–Kier alpha value is -3.12. The van der Waals surface area contributed by atoms with Gasteiger partial charge >= 0.3 is 5.97 Å². The van der Waals surface area contributed by atoms with Gasteiger partial charge in [0.1, 0.15) is 24.1 Å². The van der Waals surface area contributed by atoms with E-state index in [1.165, 1.54) is 0 Å². The lowest BCUT2D eigenvalue weighted by molar-refractivity contribution is -0.142. The molecule has 1 atom stereocenters. The van der Waals surface area contributed by atoms with Crippen LogP contribution >= 0.6 is 0 Å². The highest BCUT2D eigenvalue weighted by Crippen LogP contribution is 2.20. The summed E-state index contributed by atoms with van der Waals surface area (Å²) >= 11 is 0. The lowest BCUT2D eigenvalue weighted by atomic mass is 10.1. The Morgan fingerprint density at radius 3 is 2.48 bits per heavy atom. The molecule has 0 aliphatic heterocycles. The lowest BCUT2D eigenvalue weighted by Gasteiger charge is -2.20. The molecule has 6 nitrogen and oxygen atoms in total. The second-order valence-corrected chi connectivity index (χ2v) is 6.50. The van der Waals surface area contributed by atoms with Crippen molar-refractivity contribution in [2.75, 3.05) is 14.1 Å². The summed E-state index contributed by atoms with van der Waals surface area (Å²) in [5, 5.41) is 13.3. The fourth-order valence-electron chi connectivity index (χ4n) is 2.72. The van der Waals surface area contributed by atoms with Crippen LogP contribution in [0.15, 0.2) is 65.2 Å². The van der Waals surface area contributed by atoms with Crippen LogP contribution in [0.25, 0.3) is 11.3 Å². The Bertz CT molecular complexity index is 873. The van der Waals surface area contributed by atoms with Crippen LogP contribution < -0.4 is 4.74 Å². The standard InChI is InChI=1S/C21H22N2O4/c1-23(2)20(21(24)25)12-15-8-10-17(11-9-15)26-14-18-13-19(22-27-18)16-6-4-3-5-7-16/h3-11,13,20H,12,14H2,1-2H3,(H,24,25)/t20-/m0/s1. The van der Waals surface area contributed by atoms with Crippen molar-refractivity contribution in [2.24, 2.45) is 0 Å². The third kappa shape index (κ3) is 4.95. The highest BCUT2D eigenvalue weighted by molar-refractivity contribution is 5.73. The fourth-order valence-corrected chi connectivity index (χ4v) is 2.72. The number of likely N-dealkylation sites (N-methyl/N-ethyl adjacent to an activating group) is 1. The van der Waals surface area contributed by atoms with Crippen molar-refractivity contribution < 1.29 is 19.2 Å². The smallest absolute Gasteiger partial charge is 0.321 e. The molecule has 0 spiro atoms. The van der Waals surface area contributed by atoms with Gasteiger partial charge in [0.05, 0.1) is 0 Å². The third-order valence-electron chi connectivity index (χ3n) is 4.27. The minimum absolute atomic E-state index is 0.272. The zero-order valence-electron chi connectivity index (χ0n) is 15.3. The topological polar surface area (TPSA) is 75.8 Å². The molecule has 1 N–H and O–H groups in total. The van der Waals surface area contributed by atoms with E-state index >= 15 is 0 Å². The van der Waals surface area contributed by atoms with E-state index in [4.69, 9.17) is 9.26 Å². The number of rotatable bonds is 8. The van der Waals surface area contributed by atoms with E-state index in [1.807, 2.05) is 60.7 Å². The Morgan fingerprint density at radius 2 is 1.85 bits per heavy atom. The molecule has 0 amide bonds. The van der Waals surface area contributed by atoms with Gasteiger partial charge in [0.25, 0.3) is 0 Å². The number of benzene rings is 2. The largest absolute Gasteiger partial charge is 0.486 e. The van der Waals surface area contributed by atoms with Crippen LogP contribution in [0.2, 0.25) is 0 Å². The summed E-state index contributed by atoms with van der Waals surface area (Å²) in [5.41, 5.74) is 2.70. The lowest BCUT2D eigenvalue weighted by Crippen LogP contribution is -2.37. The van der Waals surface area contributed by atoms with Crippen LogP contribution in [0.3, 0.4) is 0 Å². The summed E-state index contributed by atoms with van der Waals surface area (Å²) in [6.07, 6.45) is 0.436. The molecule has 2 aromatic carbocycles. The second kappa shape index (κ2) is 8.51. The van der Waals surface area contributed by atoms with E-state index in [1.54, 1.807) is 19.0 Å². The first kappa shape index (κ1) is 18.7. The van der Waals surface area contributed by atoms with Crippen LogP contribution in [-0.4, -0.2) is 41.3 Å². The normalized spacial score (nSPS) is 12.1. The number of nitrogens with zero attached hydrogens (tertiary/aromatic N) is 2. The maximum absolute atomic E-state index is 11.3. The molecular weight excluding hydrogens is 344 g/mol. The number of ether oxygens (including phenoxy) is 1. The molecule has 0 bridgehead atoms. The average Bonchev–Trinajstić information content (AvgIpc) is 3.14.